The van der Waals surface area contributed by atoms with Crippen molar-refractivity contribution in [2.24, 2.45) is 0 Å². The molecular formula is C37H46F2N2O14. The van der Waals surface area contributed by atoms with E-state index in [1.165, 1.54) is 18.3 Å². The zero-order valence-corrected chi connectivity index (χ0v) is 29.9. The van der Waals surface area contributed by atoms with E-state index in [0.717, 1.165) is 18.4 Å². The van der Waals surface area contributed by atoms with Crippen molar-refractivity contribution < 1.29 is 78.1 Å². The molecule has 4 unspecified atom stereocenters. The van der Waals surface area contributed by atoms with Gasteiger partial charge in [-0.3, -0.25) is 4.98 Å². The topological polar surface area (TPSA) is 243 Å². The summed E-state index contributed by atoms with van der Waals surface area (Å²) in [5, 5.41) is 82.4. The van der Waals surface area contributed by atoms with E-state index in [1.54, 1.807) is 44.3 Å². The second-order valence-electron chi connectivity index (χ2n) is 14.3. The van der Waals surface area contributed by atoms with Crippen LogP contribution < -0.4 is 14.2 Å². The molecule has 4 heterocycles. The van der Waals surface area contributed by atoms with Crippen LogP contribution in [0.4, 0.5) is 8.78 Å². The van der Waals surface area contributed by atoms with E-state index in [0.29, 0.717) is 23.2 Å². The van der Waals surface area contributed by atoms with Crippen molar-refractivity contribution in [2.75, 3.05) is 13.2 Å². The van der Waals surface area contributed by atoms with Gasteiger partial charge in [-0.1, -0.05) is 18.2 Å². The van der Waals surface area contributed by atoms with E-state index in [4.69, 9.17) is 28.4 Å². The Morgan fingerprint density at radius 1 is 0.764 bits per heavy atom. The van der Waals surface area contributed by atoms with Gasteiger partial charge in [-0.05, 0) is 68.0 Å². The smallest absolute Gasteiger partial charge is 0.387 e. The Balaban J connectivity index is 1.18. The summed E-state index contributed by atoms with van der Waals surface area (Å²) in [4.78, 5) is 8.80. The van der Waals surface area contributed by atoms with Crippen molar-refractivity contribution in [1.29, 1.82) is 0 Å². The first-order valence-electron chi connectivity index (χ1n) is 17.8. The molecule has 3 aliphatic rings. The van der Waals surface area contributed by atoms with E-state index >= 15 is 0 Å². The van der Waals surface area contributed by atoms with Gasteiger partial charge in [0.2, 0.25) is 12.2 Å². The highest BCUT2D eigenvalue weighted by Gasteiger charge is 2.51. The van der Waals surface area contributed by atoms with Crippen molar-refractivity contribution in [1.82, 2.24) is 9.97 Å². The minimum absolute atomic E-state index is 0.0219. The number of hydrogen-bond acceptors (Lipinski definition) is 16. The highest BCUT2D eigenvalue weighted by Crippen LogP contribution is 2.39. The van der Waals surface area contributed by atoms with Crippen molar-refractivity contribution >= 4 is 0 Å². The lowest BCUT2D eigenvalue weighted by Gasteiger charge is -2.45. The van der Waals surface area contributed by atoms with Crippen LogP contribution in [-0.4, -0.2) is 138 Å². The van der Waals surface area contributed by atoms with Crippen LogP contribution in [0.15, 0.2) is 54.9 Å². The molecule has 1 aromatic carbocycles. The molecule has 2 saturated heterocycles. The molecule has 3 fully saturated rings. The van der Waals surface area contributed by atoms with Gasteiger partial charge in [0, 0.05) is 24.4 Å². The number of nitrogens with zero attached hydrogens (tertiary/aromatic N) is 2. The van der Waals surface area contributed by atoms with Crippen molar-refractivity contribution in [3.8, 4) is 17.4 Å². The van der Waals surface area contributed by atoms with E-state index in [1.807, 2.05) is 6.07 Å². The summed E-state index contributed by atoms with van der Waals surface area (Å²) in [7, 11) is 0. The van der Waals surface area contributed by atoms with Crippen LogP contribution in [0.5, 0.6) is 17.4 Å². The van der Waals surface area contributed by atoms with Gasteiger partial charge < -0.3 is 69.3 Å². The van der Waals surface area contributed by atoms with Gasteiger partial charge in [-0.15, -0.1) is 0 Å². The van der Waals surface area contributed by atoms with Crippen LogP contribution in [0.2, 0.25) is 0 Å². The summed E-state index contributed by atoms with van der Waals surface area (Å²) in [6.45, 7) is -1.28. The summed E-state index contributed by atoms with van der Waals surface area (Å²) >= 11 is 0. The highest BCUT2D eigenvalue weighted by atomic mass is 19.3. The molecule has 2 aliphatic heterocycles. The highest BCUT2D eigenvalue weighted by molar-refractivity contribution is 5.47. The maximum atomic E-state index is 13.2. The maximum Gasteiger partial charge on any atom is 0.387 e. The number of aliphatic hydroxyl groups excluding tert-OH is 7. The summed E-state index contributed by atoms with van der Waals surface area (Å²) in [6, 6.07) is 11.5. The number of benzene rings is 1. The molecule has 11 atom stereocenters. The third kappa shape index (κ3) is 9.66. The fourth-order valence-corrected chi connectivity index (χ4v) is 6.40. The molecule has 6 rings (SSSR count). The van der Waals surface area contributed by atoms with Gasteiger partial charge in [0.25, 0.3) is 0 Å². The minimum Gasteiger partial charge on any atom is -0.487 e. The van der Waals surface area contributed by atoms with Crippen molar-refractivity contribution in [3.05, 3.63) is 77.2 Å². The first-order valence-corrected chi connectivity index (χ1v) is 17.8. The average molecular weight is 781 g/mol. The zero-order chi connectivity index (χ0) is 39.6. The molecule has 2 aromatic heterocycles. The van der Waals surface area contributed by atoms with Gasteiger partial charge in [-0.2, -0.15) is 8.78 Å². The van der Waals surface area contributed by atoms with E-state index in [9.17, 15) is 49.6 Å². The lowest BCUT2D eigenvalue weighted by molar-refractivity contribution is -0.352. The van der Waals surface area contributed by atoms with Gasteiger partial charge in [0.05, 0.1) is 25.0 Å². The Kier molecular flexibility index (Phi) is 12.8. The Labute approximate surface area is 314 Å². The first kappa shape index (κ1) is 41.0. The van der Waals surface area contributed by atoms with Gasteiger partial charge in [0.15, 0.2) is 17.8 Å². The van der Waals surface area contributed by atoms with Crippen molar-refractivity contribution in [3.63, 3.8) is 0 Å². The molecule has 1 aliphatic carbocycles. The molecule has 0 bridgehead atoms. The molecule has 55 heavy (non-hydrogen) atoms. The SMILES string of the molecule is CC(C)(O)c1ccc([C@@H](Cc2ccc(O[C@@H]3OC(CO)[C@@H](O[C@@H]4OC(CO)[C@@H](O)C(O)[C@H]4O)[C@@H](O)C3O)nc2)c2ccc(OC(F)F)c(OC3CC3)c2)cn1. The van der Waals surface area contributed by atoms with Crippen LogP contribution >= 0.6 is 0 Å². The predicted octanol–water partition coefficient (Wildman–Crippen LogP) is 0.224. The van der Waals surface area contributed by atoms with Gasteiger partial charge >= 0.3 is 6.61 Å². The normalized spacial score (nSPS) is 30.6. The average Bonchev–Trinajstić information content (AvgIpc) is 3.98. The number of rotatable bonds is 15. The predicted molar refractivity (Wildman–Crippen MR) is 183 cm³/mol. The largest absolute Gasteiger partial charge is 0.487 e. The lowest BCUT2D eigenvalue weighted by Crippen LogP contribution is -2.65. The van der Waals surface area contributed by atoms with Crippen LogP contribution in [0, 0.1) is 0 Å². The monoisotopic (exact) mass is 780 g/mol. The Morgan fingerprint density at radius 3 is 2.05 bits per heavy atom. The summed E-state index contributed by atoms with van der Waals surface area (Å²) in [6.07, 6.45) is -11.2. The molecule has 1 saturated carbocycles. The Hall–Kier alpha value is -3.66. The number of pyridine rings is 2. The fourth-order valence-electron chi connectivity index (χ4n) is 6.40. The summed E-state index contributed by atoms with van der Waals surface area (Å²) in [5.74, 6) is -0.325. The van der Waals surface area contributed by atoms with E-state index < -0.39 is 92.8 Å². The van der Waals surface area contributed by atoms with E-state index in [-0.39, 0.29) is 23.5 Å². The number of hydrogen-bond donors (Lipinski definition) is 8. The number of halogens is 2. The minimum atomic E-state index is -3.04. The third-order valence-electron chi connectivity index (χ3n) is 9.65. The molecule has 0 radical (unpaired) electrons. The maximum absolute atomic E-state index is 13.2. The first-order chi connectivity index (χ1) is 26.2. The van der Waals surface area contributed by atoms with Crippen molar-refractivity contribution in [2.45, 2.75) is 119 Å². The van der Waals surface area contributed by atoms with Gasteiger partial charge in [0.1, 0.15) is 54.4 Å². The van der Waals surface area contributed by atoms with E-state index in [2.05, 4.69) is 9.97 Å². The van der Waals surface area contributed by atoms with Crippen LogP contribution in [-0.2, 0) is 26.2 Å². The fraction of sp³-hybridized carbons (Fsp3) is 0.568. The molecular weight excluding hydrogens is 734 g/mol. The molecule has 8 N–H and O–H groups in total. The third-order valence-corrected chi connectivity index (χ3v) is 9.65. The second kappa shape index (κ2) is 17.2. The summed E-state index contributed by atoms with van der Waals surface area (Å²) < 4.78 is 59.4. The van der Waals surface area contributed by atoms with Crippen LogP contribution in [0.3, 0.4) is 0 Å². The molecule has 0 amide bonds. The van der Waals surface area contributed by atoms with Crippen LogP contribution in [0.1, 0.15) is 55.0 Å². The Morgan fingerprint density at radius 2 is 1.45 bits per heavy atom. The summed E-state index contributed by atoms with van der Waals surface area (Å²) in [5.41, 5.74) is 1.42. The standard InChI is InChI=1S/C37H46F2N2O14/c1-37(2,49)26-9-5-19(14-40-26)21(18-4-8-22(53-36(38)39)23(12-18)50-20-6-7-20)11-17-3-10-27(41-13-17)54-34-32(48)30(46)33(25(16-43)52-34)55-35-31(47)29(45)28(44)24(15-42)51-35/h3-5,8-10,12-14,20-21,24-25,28-36,42-49H,6-7,11,15-16H2,1-2H3/t21-,24?,25?,28+,29?,30-,31+,32?,33+,34-,35-/m0/s1. The molecule has 302 valence electrons. The number of ether oxygens (including phenoxy) is 6. The molecule has 16 nitrogen and oxygen atoms in total. The lowest BCUT2D eigenvalue weighted by atomic mass is 9.86. The number of aliphatic hydroxyl groups is 8. The zero-order valence-electron chi connectivity index (χ0n) is 29.9. The molecule has 0 spiro atoms. The molecule has 3 aromatic rings. The quantitative estimate of drug-likeness (QED) is 0.103. The molecule has 18 heteroatoms. The number of alkyl halides is 2. The second-order valence-corrected chi connectivity index (χ2v) is 14.3. The van der Waals surface area contributed by atoms with Gasteiger partial charge in [-0.25, -0.2) is 4.98 Å². The van der Waals surface area contributed by atoms with Crippen LogP contribution in [0.25, 0.3) is 0 Å². The Bertz CT molecular complexity index is 1690. The number of aromatic nitrogens is 2.